The summed E-state index contributed by atoms with van der Waals surface area (Å²) in [6.45, 7) is 6.63. The van der Waals surface area contributed by atoms with Gasteiger partial charge in [-0.3, -0.25) is 14.4 Å². The average molecular weight is 942 g/mol. The quantitative estimate of drug-likeness (QED) is 0.0262. The Balaban J connectivity index is 4.19. The zero-order chi connectivity index (χ0) is 48.6. The molecule has 6 heteroatoms. The molecule has 1 unspecified atom stereocenters. The van der Waals surface area contributed by atoms with Crippen molar-refractivity contribution >= 4 is 17.9 Å². The molecular formula is C61H112O6. The third kappa shape index (κ3) is 54.4. The second-order valence-electron chi connectivity index (χ2n) is 19.9. The van der Waals surface area contributed by atoms with Crippen LogP contribution in [0.25, 0.3) is 0 Å². The fourth-order valence-electron chi connectivity index (χ4n) is 8.65. The van der Waals surface area contributed by atoms with Gasteiger partial charge in [0.1, 0.15) is 13.2 Å². The smallest absolute Gasteiger partial charge is 0.306 e. The molecule has 6 nitrogen and oxygen atoms in total. The SMILES string of the molecule is CCCCCCC/C=C\C/C=C\CCCCCCCCCCCCCC(=O)OCC(COC(=O)CCCCCCCCCC)OC(=O)CCCCCCCCC/C=C\CCCCCCCCC. The predicted molar refractivity (Wildman–Crippen MR) is 289 cm³/mol. The van der Waals surface area contributed by atoms with Gasteiger partial charge in [0.05, 0.1) is 0 Å². The number of hydrogen-bond acceptors (Lipinski definition) is 6. The van der Waals surface area contributed by atoms with Gasteiger partial charge in [0, 0.05) is 19.3 Å². The van der Waals surface area contributed by atoms with Gasteiger partial charge < -0.3 is 14.2 Å². The van der Waals surface area contributed by atoms with E-state index in [-0.39, 0.29) is 31.1 Å². The second-order valence-corrected chi connectivity index (χ2v) is 19.9. The minimum absolute atomic E-state index is 0.0715. The van der Waals surface area contributed by atoms with E-state index in [9.17, 15) is 14.4 Å². The third-order valence-corrected chi connectivity index (χ3v) is 13.1. The van der Waals surface area contributed by atoms with Crippen molar-refractivity contribution in [1.29, 1.82) is 0 Å². The standard InChI is InChI=1S/C61H112O6/c1-4-7-10-13-16-19-21-23-25-27-29-30-31-32-33-35-36-38-40-42-45-48-51-54-60(63)66-57-58(56-65-59(62)53-50-47-44-18-15-12-9-6-3)67-61(64)55-52-49-46-43-41-39-37-34-28-26-24-22-20-17-14-11-8-5-2/h21,23,26-29,58H,4-20,22,24-25,30-57H2,1-3H3/b23-21-,28-26-,29-27-. The third-order valence-electron chi connectivity index (χ3n) is 13.1. The molecule has 0 heterocycles. The Labute approximate surface area is 416 Å². The normalized spacial score (nSPS) is 12.2. The number of ether oxygens (including phenoxy) is 3. The zero-order valence-electron chi connectivity index (χ0n) is 44.9. The number of carbonyl (C=O) groups excluding carboxylic acids is 3. The Morgan fingerprint density at radius 3 is 0.836 bits per heavy atom. The molecule has 0 bridgehead atoms. The van der Waals surface area contributed by atoms with Crippen LogP contribution in [0.3, 0.4) is 0 Å². The lowest BCUT2D eigenvalue weighted by atomic mass is 10.0. The maximum Gasteiger partial charge on any atom is 0.306 e. The van der Waals surface area contributed by atoms with Crippen molar-refractivity contribution in [3.63, 3.8) is 0 Å². The molecule has 0 aromatic heterocycles. The van der Waals surface area contributed by atoms with E-state index >= 15 is 0 Å². The van der Waals surface area contributed by atoms with E-state index in [1.54, 1.807) is 0 Å². The van der Waals surface area contributed by atoms with Crippen LogP contribution < -0.4 is 0 Å². The molecule has 0 spiro atoms. The molecule has 0 aromatic rings. The van der Waals surface area contributed by atoms with Gasteiger partial charge in [-0.05, 0) is 77.0 Å². The molecular weight excluding hydrogens is 829 g/mol. The summed E-state index contributed by atoms with van der Waals surface area (Å²) < 4.78 is 16.8. The fourth-order valence-corrected chi connectivity index (χ4v) is 8.65. The predicted octanol–water partition coefficient (Wildman–Crippen LogP) is 19.7. The highest BCUT2D eigenvalue weighted by molar-refractivity contribution is 5.71. The van der Waals surface area contributed by atoms with Gasteiger partial charge in [0.25, 0.3) is 0 Å². The van der Waals surface area contributed by atoms with Gasteiger partial charge in [-0.15, -0.1) is 0 Å². The van der Waals surface area contributed by atoms with Gasteiger partial charge in [-0.25, -0.2) is 0 Å². The molecule has 1 atom stereocenters. The molecule has 0 aliphatic rings. The molecule has 0 aromatic carbocycles. The Bertz CT molecular complexity index is 1130. The lowest BCUT2D eigenvalue weighted by Crippen LogP contribution is -2.30. The van der Waals surface area contributed by atoms with Crippen LogP contribution in [0.2, 0.25) is 0 Å². The summed E-state index contributed by atoms with van der Waals surface area (Å²) in [6, 6.07) is 0. The average Bonchev–Trinajstić information content (AvgIpc) is 3.33. The van der Waals surface area contributed by atoms with Crippen molar-refractivity contribution < 1.29 is 28.6 Å². The van der Waals surface area contributed by atoms with Crippen LogP contribution in [-0.4, -0.2) is 37.2 Å². The molecule has 392 valence electrons. The first-order valence-corrected chi connectivity index (χ1v) is 29.5. The first-order chi connectivity index (χ1) is 33.0. The van der Waals surface area contributed by atoms with Gasteiger partial charge in [0.15, 0.2) is 6.10 Å². The summed E-state index contributed by atoms with van der Waals surface area (Å²) in [5, 5.41) is 0. The van der Waals surface area contributed by atoms with Crippen LogP contribution >= 0.6 is 0 Å². The Morgan fingerprint density at radius 2 is 0.537 bits per heavy atom. The van der Waals surface area contributed by atoms with Crippen molar-refractivity contribution in [2.75, 3.05) is 13.2 Å². The number of hydrogen-bond donors (Lipinski definition) is 0. The summed E-state index contributed by atoms with van der Waals surface area (Å²) in [6.07, 6.45) is 67.2. The molecule has 0 fully saturated rings. The summed E-state index contributed by atoms with van der Waals surface area (Å²) in [5.41, 5.74) is 0. The molecule has 0 N–H and O–H groups in total. The molecule has 0 saturated carbocycles. The van der Waals surface area contributed by atoms with Crippen molar-refractivity contribution in [3.8, 4) is 0 Å². The van der Waals surface area contributed by atoms with Crippen LogP contribution in [-0.2, 0) is 28.6 Å². The highest BCUT2D eigenvalue weighted by atomic mass is 16.6. The number of carbonyl (C=O) groups is 3. The van der Waals surface area contributed by atoms with E-state index in [2.05, 4.69) is 57.2 Å². The molecule has 0 amide bonds. The molecule has 0 aliphatic heterocycles. The summed E-state index contributed by atoms with van der Waals surface area (Å²) in [7, 11) is 0. The maximum atomic E-state index is 12.8. The van der Waals surface area contributed by atoms with E-state index in [4.69, 9.17) is 14.2 Å². The van der Waals surface area contributed by atoms with E-state index < -0.39 is 6.10 Å². The number of allylic oxidation sites excluding steroid dienone is 6. The molecule has 0 aliphatic carbocycles. The lowest BCUT2D eigenvalue weighted by molar-refractivity contribution is -0.167. The fraction of sp³-hybridized carbons (Fsp3) is 0.852. The number of esters is 3. The van der Waals surface area contributed by atoms with Crippen molar-refractivity contribution in [2.45, 2.75) is 322 Å². The first-order valence-electron chi connectivity index (χ1n) is 29.5. The molecule has 0 radical (unpaired) electrons. The van der Waals surface area contributed by atoms with Crippen LogP contribution in [0.4, 0.5) is 0 Å². The van der Waals surface area contributed by atoms with Gasteiger partial charge >= 0.3 is 17.9 Å². The van der Waals surface area contributed by atoms with Crippen LogP contribution in [0.15, 0.2) is 36.5 Å². The minimum atomic E-state index is -0.771. The Kier molecular flexibility index (Phi) is 54.2. The second kappa shape index (κ2) is 56.2. The van der Waals surface area contributed by atoms with Gasteiger partial charge in [-0.2, -0.15) is 0 Å². The highest BCUT2D eigenvalue weighted by Gasteiger charge is 2.19. The minimum Gasteiger partial charge on any atom is -0.462 e. The van der Waals surface area contributed by atoms with E-state index in [1.165, 1.54) is 212 Å². The van der Waals surface area contributed by atoms with Crippen molar-refractivity contribution in [1.82, 2.24) is 0 Å². The van der Waals surface area contributed by atoms with Crippen LogP contribution in [0.5, 0.6) is 0 Å². The van der Waals surface area contributed by atoms with Crippen LogP contribution in [0, 0.1) is 0 Å². The monoisotopic (exact) mass is 941 g/mol. The Hall–Kier alpha value is -2.37. The summed E-state index contributed by atoms with van der Waals surface area (Å²) >= 11 is 0. The van der Waals surface area contributed by atoms with Crippen LogP contribution in [0.1, 0.15) is 316 Å². The van der Waals surface area contributed by atoms with E-state index in [1.807, 2.05) is 0 Å². The summed E-state index contributed by atoms with van der Waals surface area (Å²) in [4.78, 5) is 38.0. The first kappa shape index (κ1) is 64.6. The largest absolute Gasteiger partial charge is 0.462 e. The van der Waals surface area contributed by atoms with Gasteiger partial charge in [-0.1, -0.05) is 256 Å². The number of rotatable bonds is 54. The maximum absolute atomic E-state index is 12.8. The lowest BCUT2D eigenvalue weighted by Gasteiger charge is -2.18. The molecule has 0 rings (SSSR count). The topological polar surface area (TPSA) is 78.9 Å². The summed E-state index contributed by atoms with van der Waals surface area (Å²) in [5.74, 6) is -0.867. The van der Waals surface area contributed by atoms with Crippen molar-refractivity contribution in [2.24, 2.45) is 0 Å². The Morgan fingerprint density at radius 1 is 0.299 bits per heavy atom. The molecule has 0 saturated heterocycles. The molecule has 67 heavy (non-hydrogen) atoms. The van der Waals surface area contributed by atoms with E-state index in [0.717, 1.165) is 64.2 Å². The van der Waals surface area contributed by atoms with Crippen molar-refractivity contribution in [3.05, 3.63) is 36.5 Å². The van der Waals surface area contributed by atoms with Gasteiger partial charge in [0.2, 0.25) is 0 Å². The highest BCUT2D eigenvalue weighted by Crippen LogP contribution is 2.16. The van der Waals surface area contributed by atoms with E-state index in [0.29, 0.717) is 19.3 Å². The number of unbranched alkanes of at least 4 members (excludes halogenated alkanes) is 37. The zero-order valence-corrected chi connectivity index (χ0v) is 44.9.